The lowest BCUT2D eigenvalue weighted by molar-refractivity contribution is -0.384. The van der Waals surface area contributed by atoms with E-state index in [1.54, 1.807) is 25.2 Å². The number of rotatable bonds is 7. The van der Waals surface area contributed by atoms with Gasteiger partial charge in [-0.2, -0.15) is 0 Å². The molecule has 7 nitrogen and oxygen atoms in total. The fourth-order valence-corrected chi connectivity index (χ4v) is 1.40. The highest BCUT2D eigenvalue weighted by atomic mass is 16.6. The number of likely N-dealkylation sites (N-methyl/N-ethyl adjacent to an activating group) is 1. The second-order valence-electron chi connectivity index (χ2n) is 3.58. The minimum atomic E-state index is -0.443. The van der Waals surface area contributed by atoms with Gasteiger partial charge in [0.1, 0.15) is 5.69 Å². The van der Waals surface area contributed by atoms with Crippen LogP contribution in [0.1, 0.15) is 0 Å². The molecule has 1 aromatic carbocycles. The number of anilines is 1. The van der Waals surface area contributed by atoms with Crippen LogP contribution < -0.4 is 16.0 Å². The zero-order valence-electron chi connectivity index (χ0n) is 10.1. The molecule has 0 atom stereocenters. The van der Waals surface area contributed by atoms with Crippen molar-refractivity contribution in [2.24, 2.45) is 0 Å². The van der Waals surface area contributed by atoms with Crippen molar-refractivity contribution in [1.82, 2.24) is 10.6 Å². The molecule has 0 heterocycles. The molecule has 0 aromatic heterocycles. The van der Waals surface area contributed by atoms with E-state index >= 15 is 0 Å². The molecule has 0 fully saturated rings. The van der Waals surface area contributed by atoms with Gasteiger partial charge in [-0.25, -0.2) is 0 Å². The number of carbonyl (C=O) groups is 1. The van der Waals surface area contributed by atoms with Crippen molar-refractivity contribution in [1.29, 1.82) is 0 Å². The lowest BCUT2D eigenvalue weighted by Gasteiger charge is -2.08. The smallest absolute Gasteiger partial charge is 0.292 e. The van der Waals surface area contributed by atoms with Crippen molar-refractivity contribution in [2.75, 3.05) is 32.0 Å². The van der Waals surface area contributed by atoms with E-state index in [1.807, 2.05) is 0 Å². The molecule has 1 aromatic rings. The summed E-state index contributed by atoms with van der Waals surface area (Å²) in [6.45, 7) is 1.10. The molecule has 0 aliphatic rings. The van der Waals surface area contributed by atoms with E-state index in [-0.39, 0.29) is 18.1 Å². The number of nitro benzene ring substituents is 1. The molecular formula is C11H16N4O3. The topological polar surface area (TPSA) is 96.3 Å². The number of hydrogen-bond donors (Lipinski definition) is 3. The first-order valence-corrected chi connectivity index (χ1v) is 5.53. The molecule has 1 rings (SSSR count). The number of amides is 1. The number of nitro groups is 1. The quantitative estimate of drug-likeness (QED) is 0.369. The van der Waals surface area contributed by atoms with Gasteiger partial charge in [-0.05, 0) is 13.1 Å². The van der Waals surface area contributed by atoms with Crippen molar-refractivity contribution in [3.8, 4) is 0 Å². The van der Waals surface area contributed by atoms with Crippen LogP contribution in [0.15, 0.2) is 24.3 Å². The van der Waals surface area contributed by atoms with Crippen LogP contribution in [0.25, 0.3) is 0 Å². The lowest BCUT2D eigenvalue weighted by atomic mass is 10.2. The number of carbonyl (C=O) groups excluding carboxylic acids is 1. The first-order chi connectivity index (χ1) is 8.65. The van der Waals surface area contributed by atoms with Gasteiger partial charge in [-0.1, -0.05) is 12.1 Å². The molecule has 0 bridgehead atoms. The van der Waals surface area contributed by atoms with Gasteiger partial charge in [0.05, 0.1) is 11.5 Å². The van der Waals surface area contributed by atoms with Gasteiger partial charge in [0, 0.05) is 19.2 Å². The van der Waals surface area contributed by atoms with Crippen LogP contribution in [-0.2, 0) is 4.79 Å². The summed E-state index contributed by atoms with van der Waals surface area (Å²) in [7, 11) is 1.69. The van der Waals surface area contributed by atoms with Gasteiger partial charge in [0.15, 0.2) is 0 Å². The van der Waals surface area contributed by atoms with E-state index < -0.39 is 4.92 Å². The maximum Gasteiger partial charge on any atom is 0.292 e. The van der Waals surface area contributed by atoms with Crippen LogP contribution in [0.3, 0.4) is 0 Å². The molecule has 0 saturated carbocycles. The predicted octanol–water partition coefficient (Wildman–Crippen LogP) is 0.342. The zero-order valence-corrected chi connectivity index (χ0v) is 10.1. The van der Waals surface area contributed by atoms with Gasteiger partial charge in [0.2, 0.25) is 5.91 Å². The van der Waals surface area contributed by atoms with Crippen LogP contribution >= 0.6 is 0 Å². The molecule has 0 radical (unpaired) electrons. The van der Waals surface area contributed by atoms with Crippen molar-refractivity contribution in [3.05, 3.63) is 34.4 Å². The summed E-state index contributed by atoms with van der Waals surface area (Å²) in [6.07, 6.45) is 0. The minimum Gasteiger partial charge on any atom is -0.378 e. The Hall–Kier alpha value is -2.15. The standard InChI is InChI=1S/C11H16N4O3/c1-12-8-11(16)14-7-6-13-9-4-2-3-5-10(9)15(17)18/h2-5,12-13H,6-8H2,1H3,(H,14,16). The summed E-state index contributed by atoms with van der Waals surface area (Å²) in [5.41, 5.74) is 0.476. The Morgan fingerprint density at radius 1 is 1.33 bits per heavy atom. The Morgan fingerprint density at radius 3 is 2.72 bits per heavy atom. The number of nitrogens with zero attached hydrogens (tertiary/aromatic N) is 1. The van der Waals surface area contributed by atoms with E-state index in [2.05, 4.69) is 16.0 Å². The number of para-hydroxylation sites is 2. The summed E-state index contributed by atoms with van der Waals surface area (Å²) in [6, 6.07) is 6.39. The molecule has 3 N–H and O–H groups in total. The monoisotopic (exact) mass is 252 g/mol. The zero-order chi connectivity index (χ0) is 13.4. The maximum absolute atomic E-state index is 11.1. The Kier molecular flexibility index (Phi) is 5.59. The van der Waals surface area contributed by atoms with Crippen LogP contribution in [0.5, 0.6) is 0 Å². The predicted molar refractivity (Wildman–Crippen MR) is 68.5 cm³/mol. The number of benzene rings is 1. The summed E-state index contributed by atoms with van der Waals surface area (Å²) in [5.74, 6) is -0.109. The summed E-state index contributed by atoms with van der Waals surface area (Å²) in [4.78, 5) is 21.4. The third-order valence-electron chi connectivity index (χ3n) is 2.20. The van der Waals surface area contributed by atoms with Crippen LogP contribution in [0, 0.1) is 10.1 Å². The Labute approximate surface area is 105 Å². The molecule has 7 heteroatoms. The van der Waals surface area contributed by atoms with E-state index in [4.69, 9.17) is 0 Å². The van der Waals surface area contributed by atoms with Crippen LogP contribution in [0.2, 0.25) is 0 Å². The molecule has 0 saturated heterocycles. The number of hydrogen-bond acceptors (Lipinski definition) is 5. The SMILES string of the molecule is CNCC(=O)NCCNc1ccccc1[N+](=O)[O-]. The van der Waals surface area contributed by atoms with Crippen LogP contribution in [0.4, 0.5) is 11.4 Å². The van der Waals surface area contributed by atoms with Crippen molar-refractivity contribution in [2.45, 2.75) is 0 Å². The number of nitrogens with one attached hydrogen (secondary N) is 3. The minimum absolute atomic E-state index is 0.0269. The van der Waals surface area contributed by atoms with Crippen molar-refractivity contribution in [3.63, 3.8) is 0 Å². The third kappa shape index (κ3) is 4.38. The normalized spacial score (nSPS) is 9.83. The average molecular weight is 252 g/mol. The highest BCUT2D eigenvalue weighted by Gasteiger charge is 2.11. The van der Waals surface area contributed by atoms with Gasteiger partial charge < -0.3 is 16.0 Å². The fourth-order valence-electron chi connectivity index (χ4n) is 1.40. The van der Waals surface area contributed by atoms with Crippen LogP contribution in [-0.4, -0.2) is 37.5 Å². The van der Waals surface area contributed by atoms with E-state index in [0.29, 0.717) is 18.8 Å². The Morgan fingerprint density at radius 2 is 2.06 bits per heavy atom. The molecule has 0 unspecified atom stereocenters. The van der Waals surface area contributed by atoms with Crippen molar-refractivity contribution >= 4 is 17.3 Å². The highest BCUT2D eigenvalue weighted by molar-refractivity contribution is 5.77. The Bertz CT molecular complexity index is 423. The molecule has 1 amide bonds. The largest absolute Gasteiger partial charge is 0.378 e. The molecule has 0 spiro atoms. The maximum atomic E-state index is 11.1. The second kappa shape index (κ2) is 7.23. The fraction of sp³-hybridized carbons (Fsp3) is 0.364. The van der Waals surface area contributed by atoms with E-state index in [9.17, 15) is 14.9 Å². The van der Waals surface area contributed by atoms with Gasteiger partial charge in [-0.3, -0.25) is 14.9 Å². The van der Waals surface area contributed by atoms with E-state index in [1.165, 1.54) is 6.07 Å². The van der Waals surface area contributed by atoms with Crippen molar-refractivity contribution < 1.29 is 9.72 Å². The third-order valence-corrected chi connectivity index (χ3v) is 2.20. The first kappa shape index (κ1) is 13.9. The Balaban J connectivity index is 2.40. The highest BCUT2D eigenvalue weighted by Crippen LogP contribution is 2.22. The van der Waals surface area contributed by atoms with Gasteiger partial charge in [0.25, 0.3) is 5.69 Å². The molecule has 18 heavy (non-hydrogen) atoms. The summed E-state index contributed by atoms with van der Waals surface area (Å²) < 4.78 is 0. The summed E-state index contributed by atoms with van der Waals surface area (Å²) >= 11 is 0. The second-order valence-corrected chi connectivity index (χ2v) is 3.58. The van der Waals surface area contributed by atoms with Gasteiger partial charge in [-0.15, -0.1) is 0 Å². The molecular weight excluding hydrogens is 236 g/mol. The average Bonchev–Trinajstić information content (AvgIpc) is 2.35. The lowest BCUT2D eigenvalue weighted by Crippen LogP contribution is -2.35. The molecule has 0 aliphatic carbocycles. The van der Waals surface area contributed by atoms with E-state index in [0.717, 1.165) is 0 Å². The molecule has 0 aliphatic heterocycles. The first-order valence-electron chi connectivity index (χ1n) is 5.53. The summed E-state index contributed by atoms with van der Waals surface area (Å²) in [5, 5.41) is 19.0. The van der Waals surface area contributed by atoms with Gasteiger partial charge >= 0.3 is 0 Å². The molecule has 98 valence electrons.